The van der Waals surface area contributed by atoms with Crippen LogP contribution >= 0.6 is 27.7 Å². The number of halogens is 1. The molecule has 0 aliphatic rings. The summed E-state index contributed by atoms with van der Waals surface area (Å²) in [5, 5.41) is 3.70. The standard InChI is InChI=1S/C15H12BrN3O2S/c1-19-9-8-17-15(19)22-11-4-2-10(3-5-11)18-14(20)12-6-7-13(16)21-12/h2-9H,1H3,(H,18,20). The zero-order valence-electron chi connectivity index (χ0n) is 11.6. The van der Waals surface area contributed by atoms with Gasteiger partial charge in [-0.1, -0.05) is 11.8 Å². The van der Waals surface area contributed by atoms with Crippen LogP contribution < -0.4 is 5.32 Å². The monoisotopic (exact) mass is 377 g/mol. The second kappa shape index (κ2) is 6.41. The Balaban J connectivity index is 1.66. The Bertz CT molecular complexity index is 795. The number of aryl methyl sites for hydroxylation is 1. The summed E-state index contributed by atoms with van der Waals surface area (Å²) in [7, 11) is 1.95. The number of nitrogens with one attached hydrogen (secondary N) is 1. The van der Waals surface area contributed by atoms with E-state index in [-0.39, 0.29) is 11.7 Å². The van der Waals surface area contributed by atoms with Gasteiger partial charge in [0, 0.05) is 30.0 Å². The number of hydrogen-bond acceptors (Lipinski definition) is 4. The fraction of sp³-hybridized carbons (Fsp3) is 0.0667. The second-order valence-corrected chi connectivity index (χ2v) is 6.33. The van der Waals surface area contributed by atoms with Gasteiger partial charge in [0.1, 0.15) is 0 Å². The molecular weight excluding hydrogens is 366 g/mol. The van der Waals surface area contributed by atoms with E-state index in [1.165, 1.54) is 0 Å². The van der Waals surface area contributed by atoms with Gasteiger partial charge in [0.2, 0.25) is 0 Å². The zero-order valence-corrected chi connectivity index (χ0v) is 14.0. The molecule has 0 radical (unpaired) electrons. The van der Waals surface area contributed by atoms with Crippen LogP contribution in [0.5, 0.6) is 0 Å². The number of hydrogen-bond donors (Lipinski definition) is 1. The quantitative estimate of drug-likeness (QED) is 0.740. The molecule has 0 spiro atoms. The van der Waals surface area contributed by atoms with E-state index in [4.69, 9.17) is 4.42 Å². The highest BCUT2D eigenvalue weighted by atomic mass is 79.9. The van der Waals surface area contributed by atoms with Crippen LogP contribution in [0.1, 0.15) is 10.6 Å². The van der Waals surface area contributed by atoms with Crippen molar-refractivity contribution in [2.45, 2.75) is 10.1 Å². The summed E-state index contributed by atoms with van der Waals surface area (Å²) in [5.74, 6) is -0.0199. The smallest absolute Gasteiger partial charge is 0.291 e. The number of carbonyl (C=O) groups excluding carboxylic acids is 1. The number of aromatic nitrogens is 2. The Morgan fingerprint density at radius 3 is 2.64 bits per heavy atom. The maximum absolute atomic E-state index is 12.0. The number of benzene rings is 1. The molecule has 1 N–H and O–H groups in total. The fourth-order valence-corrected chi connectivity index (χ4v) is 2.90. The van der Waals surface area contributed by atoms with Crippen LogP contribution in [-0.2, 0) is 7.05 Å². The first-order valence-corrected chi connectivity index (χ1v) is 8.05. The van der Waals surface area contributed by atoms with Crippen molar-refractivity contribution in [3.8, 4) is 0 Å². The van der Waals surface area contributed by atoms with E-state index in [1.54, 1.807) is 30.1 Å². The summed E-state index contributed by atoms with van der Waals surface area (Å²) in [6, 6.07) is 10.9. The lowest BCUT2D eigenvalue weighted by atomic mass is 10.3. The van der Waals surface area contributed by atoms with Gasteiger partial charge < -0.3 is 14.3 Å². The van der Waals surface area contributed by atoms with Crippen LogP contribution in [0.25, 0.3) is 0 Å². The van der Waals surface area contributed by atoms with E-state index in [0.717, 1.165) is 10.1 Å². The molecule has 0 unspecified atom stereocenters. The molecule has 2 aromatic heterocycles. The number of rotatable bonds is 4. The summed E-state index contributed by atoms with van der Waals surface area (Å²) in [5.41, 5.74) is 0.710. The first kappa shape index (κ1) is 14.9. The van der Waals surface area contributed by atoms with Crippen molar-refractivity contribution in [1.29, 1.82) is 0 Å². The number of amides is 1. The van der Waals surface area contributed by atoms with Crippen LogP contribution in [-0.4, -0.2) is 15.5 Å². The highest BCUT2D eigenvalue weighted by Crippen LogP contribution is 2.27. The molecule has 0 atom stereocenters. The van der Waals surface area contributed by atoms with Gasteiger partial charge >= 0.3 is 0 Å². The van der Waals surface area contributed by atoms with Gasteiger partial charge in [-0.3, -0.25) is 4.79 Å². The predicted octanol–water partition coefficient (Wildman–Crippen LogP) is 4.18. The Morgan fingerprint density at radius 2 is 2.05 bits per heavy atom. The maximum atomic E-state index is 12.0. The molecule has 2 heterocycles. The van der Waals surface area contributed by atoms with Gasteiger partial charge in [0.15, 0.2) is 15.6 Å². The van der Waals surface area contributed by atoms with Crippen molar-refractivity contribution in [3.63, 3.8) is 0 Å². The molecule has 5 nitrogen and oxygen atoms in total. The molecule has 0 aliphatic carbocycles. The number of anilines is 1. The lowest BCUT2D eigenvalue weighted by molar-refractivity contribution is 0.0995. The molecule has 3 rings (SSSR count). The van der Waals surface area contributed by atoms with Crippen molar-refractivity contribution in [2.75, 3.05) is 5.32 Å². The Hall–Kier alpha value is -1.99. The fourth-order valence-electron chi connectivity index (χ4n) is 1.79. The summed E-state index contributed by atoms with van der Waals surface area (Å²) in [6.45, 7) is 0. The molecule has 0 saturated carbocycles. The molecule has 1 amide bonds. The maximum Gasteiger partial charge on any atom is 0.291 e. The third kappa shape index (κ3) is 3.42. The van der Waals surface area contributed by atoms with Gasteiger partial charge in [0.05, 0.1) is 0 Å². The first-order chi connectivity index (χ1) is 10.6. The lowest BCUT2D eigenvalue weighted by Crippen LogP contribution is -2.10. The summed E-state index contributed by atoms with van der Waals surface area (Å²) >= 11 is 4.73. The number of nitrogens with zero attached hydrogens (tertiary/aromatic N) is 2. The minimum Gasteiger partial charge on any atom is -0.444 e. The topological polar surface area (TPSA) is 60.1 Å². The number of imidazole rings is 1. The van der Waals surface area contributed by atoms with E-state index < -0.39 is 0 Å². The molecule has 0 aliphatic heterocycles. The molecule has 0 saturated heterocycles. The van der Waals surface area contributed by atoms with Crippen molar-refractivity contribution >= 4 is 39.3 Å². The van der Waals surface area contributed by atoms with Crippen LogP contribution in [0, 0.1) is 0 Å². The van der Waals surface area contributed by atoms with E-state index in [1.807, 2.05) is 42.1 Å². The minimum absolute atomic E-state index is 0.262. The van der Waals surface area contributed by atoms with E-state index in [2.05, 4.69) is 26.2 Å². The van der Waals surface area contributed by atoms with Crippen LogP contribution in [0.3, 0.4) is 0 Å². The SMILES string of the molecule is Cn1ccnc1Sc1ccc(NC(=O)c2ccc(Br)o2)cc1. The first-order valence-electron chi connectivity index (χ1n) is 6.44. The minimum atomic E-state index is -0.282. The summed E-state index contributed by atoms with van der Waals surface area (Å²) in [6.07, 6.45) is 3.66. The van der Waals surface area contributed by atoms with Gasteiger partial charge in [-0.15, -0.1) is 0 Å². The second-order valence-electron chi connectivity index (χ2n) is 4.51. The molecule has 112 valence electrons. The molecule has 3 aromatic rings. The molecular formula is C15H12BrN3O2S. The highest BCUT2D eigenvalue weighted by molar-refractivity contribution is 9.10. The third-order valence-electron chi connectivity index (χ3n) is 2.90. The van der Waals surface area contributed by atoms with Crippen molar-refractivity contribution < 1.29 is 9.21 Å². The molecule has 0 fully saturated rings. The van der Waals surface area contributed by atoms with E-state index >= 15 is 0 Å². The molecule has 1 aromatic carbocycles. The number of carbonyl (C=O) groups is 1. The average Bonchev–Trinajstić information content (AvgIpc) is 3.10. The van der Waals surface area contributed by atoms with Crippen LogP contribution in [0.4, 0.5) is 5.69 Å². The summed E-state index contributed by atoms with van der Waals surface area (Å²) < 4.78 is 7.69. The van der Waals surface area contributed by atoms with Crippen LogP contribution in [0.15, 0.2) is 67.9 Å². The Kier molecular flexibility index (Phi) is 4.35. The normalized spacial score (nSPS) is 10.6. The van der Waals surface area contributed by atoms with E-state index in [9.17, 15) is 4.79 Å². The van der Waals surface area contributed by atoms with Gasteiger partial charge in [-0.05, 0) is 52.3 Å². The highest BCUT2D eigenvalue weighted by Gasteiger charge is 2.10. The van der Waals surface area contributed by atoms with Gasteiger partial charge in [0.25, 0.3) is 5.91 Å². The Morgan fingerprint density at radius 1 is 1.27 bits per heavy atom. The van der Waals surface area contributed by atoms with E-state index in [0.29, 0.717) is 10.4 Å². The largest absolute Gasteiger partial charge is 0.444 e. The van der Waals surface area contributed by atoms with Crippen molar-refractivity contribution in [3.05, 3.63) is 59.2 Å². The summed E-state index contributed by atoms with van der Waals surface area (Å²) in [4.78, 5) is 17.3. The third-order valence-corrected chi connectivity index (χ3v) is 4.41. The lowest BCUT2D eigenvalue weighted by Gasteiger charge is -2.05. The molecule has 0 bridgehead atoms. The molecule has 7 heteroatoms. The van der Waals surface area contributed by atoms with Gasteiger partial charge in [-0.25, -0.2) is 4.98 Å². The van der Waals surface area contributed by atoms with Crippen molar-refractivity contribution in [1.82, 2.24) is 9.55 Å². The number of furan rings is 1. The van der Waals surface area contributed by atoms with Crippen molar-refractivity contribution in [2.24, 2.45) is 7.05 Å². The molecule has 22 heavy (non-hydrogen) atoms. The van der Waals surface area contributed by atoms with Gasteiger partial charge in [-0.2, -0.15) is 0 Å². The van der Waals surface area contributed by atoms with Crippen LogP contribution in [0.2, 0.25) is 0 Å². The Labute approximate surface area is 139 Å². The predicted molar refractivity (Wildman–Crippen MR) is 88.1 cm³/mol. The average molecular weight is 378 g/mol. The zero-order chi connectivity index (χ0) is 15.5.